The second-order valence-electron chi connectivity index (χ2n) is 3.74. The number of non-ortho nitro benzene ring substituents is 1. The maximum absolute atomic E-state index is 11.6. The van der Waals surface area contributed by atoms with Gasteiger partial charge in [-0.2, -0.15) is 0 Å². The summed E-state index contributed by atoms with van der Waals surface area (Å²) in [7, 11) is 0. The topological polar surface area (TPSA) is 98.5 Å². The van der Waals surface area contributed by atoms with Gasteiger partial charge in [0.25, 0.3) is 5.69 Å². The number of ether oxygens (including phenoxy) is 1. The minimum absolute atomic E-state index is 0.0685. The first kappa shape index (κ1) is 14.6. The van der Waals surface area contributed by atoms with Gasteiger partial charge < -0.3 is 10.1 Å². The van der Waals surface area contributed by atoms with E-state index in [1.807, 2.05) is 0 Å². The third-order valence-electron chi connectivity index (χ3n) is 2.32. The minimum Gasteiger partial charge on any atom is -0.464 e. The molecule has 0 spiro atoms. The molecule has 0 aliphatic carbocycles. The van der Waals surface area contributed by atoms with E-state index in [0.29, 0.717) is 5.69 Å². The summed E-state index contributed by atoms with van der Waals surface area (Å²) in [5, 5.41) is 13.2. The van der Waals surface area contributed by atoms with Gasteiger partial charge in [0.15, 0.2) is 11.8 Å². The van der Waals surface area contributed by atoms with E-state index in [4.69, 9.17) is 4.74 Å². The Morgan fingerprint density at radius 2 is 1.95 bits per heavy atom. The Hall–Kier alpha value is -2.44. The first-order chi connectivity index (χ1) is 8.95. The molecule has 1 N–H and O–H groups in total. The van der Waals surface area contributed by atoms with Gasteiger partial charge in [0.2, 0.25) is 0 Å². The van der Waals surface area contributed by atoms with Crippen LogP contribution in [0.3, 0.4) is 0 Å². The number of Topliss-reactive ketones (excluding diaryl/α,β-unsaturated/α-hetero) is 1. The number of carbonyl (C=O) groups excluding carboxylic acids is 2. The van der Waals surface area contributed by atoms with Crippen molar-refractivity contribution < 1.29 is 19.2 Å². The average Bonchev–Trinajstić information content (AvgIpc) is 2.36. The number of ketones is 1. The molecule has 0 aromatic heterocycles. The number of nitrogens with one attached hydrogen (secondary N) is 1. The van der Waals surface area contributed by atoms with Gasteiger partial charge in [-0.15, -0.1) is 0 Å². The summed E-state index contributed by atoms with van der Waals surface area (Å²) in [6.07, 6.45) is 0. The number of nitro groups is 1. The van der Waals surface area contributed by atoms with Crippen LogP contribution in [-0.2, 0) is 14.3 Å². The van der Waals surface area contributed by atoms with E-state index in [-0.39, 0.29) is 12.3 Å². The average molecular weight is 266 g/mol. The van der Waals surface area contributed by atoms with E-state index in [0.717, 1.165) is 0 Å². The number of nitro benzene ring substituents is 1. The zero-order valence-electron chi connectivity index (χ0n) is 10.6. The van der Waals surface area contributed by atoms with Crippen molar-refractivity contribution in [1.29, 1.82) is 0 Å². The van der Waals surface area contributed by atoms with Crippen molar-refractivity contribution in [2.24, 2.45) is 0 Å². The van der Waals surface area contributed by atoms with E-state index in [9.17, 15) is 19.7 Å². The van der Waals surface area contributed by atoms with Crippen molar-refractivity contribution >= 4 is 23.1 Å². The van der Waals surface area contributed by atoms with Gasteiger partial charge in [-0.1, -0.05) is 0 Å². The SMILES string of the molecule is CCOC(=O)C(Nc1ccc([N+](=O)[O-])cc1)C(C)=O. The number of hydrogen-bond acceptors (Lipinski definition) is 6. The lowest BCUT2D eigenvalue weighted by atomic mass is 10.2. The van der Waals surface area contributed by atoms with Crippen molar-refractivity contribution in [3.63, 3.8) is 0 Å². The maximum Gasteiger partial charge on any atom is 0.336 e. The Kier molecular flexibility index (Phi) is 4.99. The number of benzene rings is 1. The Morgan fingerprint density at radius 1 is 1.37 bits per heavy atom. The molecule has 0 saturated heterocycles. The second-order valence-corrected chi connectivity index (χ2v) is 3.74. The molecular formula is C12H14N2O5. The number of hydrogen-bond donors (Lipinski definition) is 1. The van der Waals surface area contributed by atoms with Crippen molar-refractivity contribution in [2.75, 3.05) is 11.9 Å². The van der Waals surface area contributed by atoms with Crippen LogP contribution in [0.1, 0.15) is 13.8 Å². The molecule has 7 nitrogen and oxygen atoms in total. The molecule has 7 heteroatoms. The highest BCUT2D eigenvalue weighted by atomic mass is 16.6. The normalized spacial score (nSPS) is 11.5. The standard InChI is InChI=1S/C12H14N2O5/c1-3-19-12(16)11(8(2)15)13-9-4-6-10(7-5-9)14(17)18/h4-7,11,13H,3H2,1-2H3. The fourth-order valence-corrected chi connectivity index (χ4v) is 1.40. The monoisotopic (exact) mass is 266 g/mol. The van der Waals surface area contributed by atoms with Crippen LogP contribution in [0.5, 0.6) is 0 Å². The molecule has 0 bridgehead atoms. The van der Waals surface area contributed by atoms with Crippen LogP contribution in [0.4, 0.5) is 11.4 Å². The van der Waals surface area contributed by atoms with Gasteiger partial charge in [0, 0.05) is 17.8 Å². The zero-order chi connectivity index (χ0) is 14.4. The minimum atomic E-state index is -1.11. The second kappa shape index (κ2) is 6.48. The van der Waals surface area contributed by atoms with Crippen molar-refractivity contribution in [3.8, 4) is 0 Å². The third-order valence-corrected chi connectivity index (χ3v) is 2.32. The molecule has 1 atom stereocenters. The summed E-state index contributed by atoms with van der Waals surface area (Å²) in [4.78, 5) is 32.9. The van der Waals surface area contributed by atoms with Gasteiger partial charge in [-0.05, 0) is 26.0 Å². The third kappa shape index (κ3) is 4.06. The number of carbonyl (C=O) groups is 2. The number of rotatable bonds is 6. The van der Waals surface area contributed by atoms with Gasteiger partial charge in [0.1, 0.15) is 0 Å². The van der Waals surface area contributed by atoms with Crippen molar-refractivity contribution in [1.82, 2.24) is 0 Å². The Bertz CT molecular complexity index is 483. The number of nitrogens with zero attached hydrogens (tertiary/aromatic N) is 1. The molecular weight excluding hydrogens is 252 g/mol. The maximum atomic E-state index is 11.6. The first-order valence-electron chi connectivity index (χ1n) is 5.63. The zero-order valence-corrected chi connectivity index (χ0v) is 10.6. The van der Waals surface area contributed by atoms with Gasteiger partial charge in [-0.25, -0.2) is 4.79 Å². The largest absolute Gasteiger partial charge is 0.464 e. The van der Waals surface area contributed by atoms with Crippen LogP contribution in [0.15, 0.2) is 24.3 Å². The summed E-state index contributed by atoms with van der Waals surface area (Å²) in [5.41, 5.74) is 0.361. The van der Waals surface area contributed by atoms with Crippen molar-refractivity contribution in [3.05, 3.63) is 34.4 Å². The predicted octanol–water partition coefficient (Wildman–Crippen LogP) is 1.53. The number of anilines is 1. The van der Waals surface area contributed by atoms with E-state index < -0.39 is 22.7 Å². The molecule has 0 aliphatic rings. The van der Waals surface area contributed by atoms with Crippen LogP contribution < -0.4 is 5.32 Å². The highest BCUT2D eigenvalue weighted by Gasteiger charge is 2.24. The first-order valence-corrected chi connectivity index (χ1v) is 5.63. The van der Waals surface area contributed by atoms with Crippen LogP contribution >= 0.6 is 0 Å². The van der Waals surface area contributed by atoms with Crippen LogP contribution in [-0.4, -0.2) is 29.3 Å². The van der Waals surface area contributed by atoms with Crippen molar-refractivity contribution in [2.45, 2.75) is 19.9 Å². The quantitative estimate of drug-likeness (QED) is 0.363. The van der Waals surface area contributed by atoms with Crippen LogP contribution in [0, 0.1) is 10.1 Å². The lowest BCUT2D eigenvalue weighted by Crippen LogP contribution is -2.37. The molecule has 1 rings (SSSR count). The number of esters is 1. The molecule has 19 heavy (non-hydrogen) atoms. The molecule has 102 valence electrons. The van der Waals surface area contributed by atoms with Gasteiger partial charge in [-0.3, -0.25) is 14.9 Å². The van der Waals surface area contributed by atoms with Crippen LogP contribution in [0.25, 0.3) is 0 Å². The molecule has 0 heterocycles. The van der Waals surface area contributed by atoms with E-state index in [1.165, 1.54) is 31.2 Å². The van der Waals surface area contributed by atoms with E-state index in [1.54, 1.807) is 6.92 Å². The van der Waals surface area contributed by atoms with Crippen LogP contribution in [0.2, 0.25) is 0 Å². The summed E-state index contributed by atoms with van der Waals surface area (Å²) >= 11 is 0. The summed E-state index contributed by atoms with van der Waals surface area (Å²) in [6.45, 7) is 3.07. The molecule has 1 aromatic carbocycles. The molecule has 1 unspecified atom stereocenters. The van der Waals surface area contributed by atoms with Gasteiger partial charge in [0.05, 0.1) is 11.5 Å². The molecule has 0 fully saturated rings. The highest BCUT2D eigenvalue weighted by molar-refractivity contribution is 6.04. The van der Waals surface area contributed by atoms with E-state index in [2.05, 4.69) is 5.32 Å². The van der Waals surface area contributed by atoms with Gasteiger partial charge >= 0.3 is 5.97 Å². The Morgan fingerprint density at radius 3 is 2.37 bits per heavy atom. The summed E-state index contributed by atoms with van der Waals surface area (Å²) in [6, 6.07) is 4.30. The lowest BCUT2D eigenvalue weighted by Gasteiger charge is -2.15. The molecule has 0 aliphatic heterocycles. The smallest absolute Gasteiger partial charge is 0.336 e. The Labute approximate surface area is 109 Å². The molecule has 0 radical (unpaired) electrons. The lowest BCUT2D eigenvalue weighted by molar-refractivity contribution is -0.384. The van der Waals surface area contributed by atoms with E-state index >= 15 is 0 Å². The Balaban J connectivity index is 2.82. The highest BCUT2D eigenvalue weighted by Crippen LogP contribution is 2.16. The fraction of sp³-hybridized carbons (Fsp3) is 0.333. The molecule has 0 amide bonds. The summed E-state index contributed by atoms with van der Waals surface area (Å²) < 4.78 is 4.77. The summed E-state index contributed by atoms with van der Waals surface area (Å²) in [5.74, 6) is -1.06. The molecule has 1 aromatic rings. The fourth-order valence-electron chi connectivity index (χ4n) is 1.40. The molecule has 0 saturated carbocycles. The predicted molar refractivity (Wildman–Crippen MR) is 67.8 cm³/mol.